The number of fused-ring (bicyclic) bond motifs is 1. The summed E-state index contributed by atoms with van der Waals surface area (Å²) in [6.45, 7) is 1.98. The van der Waals surface area contributed by atoms with E-state index in [0.29, 0.717) is 21.1 Å². The lowest BCUT2D eigenvalue weighted by Gasteiger charge is -2.14. The van der Waals surface area contributed by atoms with Crippen molar-refractivity contribution in [3.8, 4) is 5.69 Å². The molecule has 5 heteroatoms. The van der Waals surface area contributed by atoms with Crippen LogP contribution in [-0.4, -0.2) is 15.8 Å². The van der Waals surface area contributed by atoms with Crippen molar-refractivity contribution in [1.82, 2.24) is 9.55 Å². The van der Waals surface area contributed by atoms with Crippen LogP contribution in [0.3, 0.4) is 0 Å². The minimum absolute atomic E-state index is 0.0738. The summed E-state index contributed by atoms with van der Waals surface area (Å²) in [6, 6.07) is 13.0. The Labute approximate surface area is 131 Å². The molecule has 0 saturated heterocycles. The molecule has 3 nitrogen and oxygen atoms in total. The molecule has 0 aliphatic rings. The third-order valence-electron chi connectivity index (χ3n) is 3.34. The summed E-state index contributed by atoms with van der Waals surface area (Å²) >= 11 is 7.44. The lowest BCUT2D eigenvalue weighted by atomic mass is 10.2. The third kappa shape index (κ3) is 2.45. The molecule has 0 aliphatic carbocycles. The molecule has 106 valence electrons. The van der Waals surface area contributed by atoms with Gasteiger partial charge in [0, 0.05) is 5.02 Å². The highest BCUT2D eigenvalue weighted by Gasteiger charge is 2.13. The molecular weight excluding hydrogens is 304 g/mol. The molecule has 0 N–H and O–H groups in total. The largest absolute Gasteiger partial charge is 0.268 e. The van der Waals surface area contributed by atoms with Crippen molar-refractivity contribution in [3.63, 3.8) is 0 Å². The minimum atomic E-state index is -0.0738. The molecule has 0 radical (unpaired) electrons. The maximum absolute atomic E-state index is 12.8. The molecule has 2 aromatic carbocycles. The van der Waals surface area contributed by atoms with Gasteiger partial charge in [-0.3, -0.25) is 9.36 Å². The highest BCUT2D eigenvalue weighted by molar-refractivity contribution is 7.98. The molecule has 0 bridgehead atoms. The van der Waals surface area contributed by atoms with Crippen LogP contribution in [0.25, 0.3) is 16.6 Å². The van der Waals surface area contributed by atoms with Crippen molar-refractivity contribution in [2.75, 3.05) is 6.26 Å². The number of hydrogen-bond acceptors (Lipinski definition) is 3. The summed E-state index contributed by atoms with van der Waals surface area (Å²) in [6.07, 6.45) is 1.91. The van der Waals surface area contributed by atoms with Gasteiger partial charge in [0.1, 0.15) is 0 Å². The van der Waals surface area contributed by atoms with E-state index in [1.54, 1.807) is 22.8 Å². The van der Waals surface area contributed by atoms with Gasteiger partial charge in [0.25, 0.3) is 5.56 Å². The van der Waals surface area contributed by atoms with E-state index >= 15 is 0 Å². The molecule has 1 heterocycles. The Morgan fingerprint density at radius 2 is 1.95 bits per heavy atom. The first-order valence-electron chi connectivity index (χ1n) is 6.44. The Morgan fingerprint density at radius 1 is 1.19 bits per heavy atom. The van der Waals surface area contributed by atoms with Gasteiger partial charge < -0.3 is 0 Å². The first-order valence-corrected chi connectivity index (χ1v) is 8.04. The van der Waals surface area contributed by atoms with Crippen LogP contribution < -0.4 is 5.56 Å². The van der Waals surface area contributed by atoms with E-state index in [0.717, 1.165) is 11.3 Å². The molecule has 0 aliphatic heterocycles. The van der Waals surface area contributed by atoms with Crippen LogP contribution in [0.5, 0.6) is 0 Å². The van der Waals surface area contributed by atoms with Crippen LogP contribution in [0.2, 0.25) is 5.02 Å². The second-order valence-corrected chi connectivity index (χ2v) is 5.90. The van der Waals surface area contributed by atoms with Crippen molar-refractivity contribution in [2.24, 2.45) is 0 Å². The van der Waals surface area contributed by atoms with E-state index in [9.17, 15) is 4.79 Å². The van der Waals surface area contributed by atoms with Crippen LogP contribution in [0.4, 0.5) is 0 Å². The SMILES string of the molecule is CSc1nc2cc(Cl)ccc2c(=O)n1-c1ccccc1C. The van der Waals surface area contributed by atoms with Gasteiger partial charge >= 0.3 is 0 Å². The number of para-hydroxylation sites is 1. The van der Waals surface area contributed by atoms with Gasteiger partial charge in [0.05, 0.1) is 16.6 Å². The molecule has 21 heavy (non-hydrogen) atoms. The Morgan fingerprint density at radius 3 is 2.67 bits per heavy atom. The summed E-state index contributed by atoms with van der Waals surface area (Å²) in [5.74, 6) is 0. The van der Waals surface area contributed by atoms with Gasteiger partial charge in [-0.25, -0.2) is 4.98 Å². The van der Waals surface area contributed by atoms with Crippen molar-refractivity contribution in [1.29, 1.82) is 0 Å². The number of rotatable bonds is 2. The van der Waals surface area contributed by atoms with E-state index < -0.39 is 0 Å². The average molecular weight is 317 g/mol. The molecule has 0 saturated carbocycles. The van der Waals surface area contributed by atoms with Gasteiger partial charge in [0.15, 0.2) is 5.16 Å². The van der Waals surface area contributed by atoms with E-state index in [4.69, 9.17) is 11.6 Å². The molecule has 0 fully saturated rings. The summed E-state index contributed by atoms with van der Waals surface area (Å²) < 4.78 is 1.66. The Kier molecular flexibility index (Phi) is 3.74. The fourth-order valence-corrected chi connectivity index (χ4v) is 3.02. The molecule has 3 aromatic rings. The number of nitrogens with zero attached hydrogens (tertiary/aromatic N) is 2. The Balaban J connectivity index is 2.42. The highest BCUT2D eigenvalue weighted by atomic mass is 35.5. The van der Waals surface area contributed by atoms with Gasteiger partial charge in [0.2, 0.25) is 0 Å². The predicted octanol–water partition coefficient (Wildman–Crippen LogP) is 4.07. The molecule has 0 atom stereocenters. The zero-order chi connectivity index (χ0) is 15.0. The van der Waals surface area contributed by atoms with Crippen LogP contribution in [0.1, 0.15) is 5.56 Å². The van der Waals surface area contributed by atoms with Crippen LogP contribution >= 0.6 is 23.4 Å². The highest BCUT2D eigenvalue weighted by Crippen LogP contribution is 2.22. The lowest BCUT2D eigenvalue weighted by molar-refractivity contribution is 0.816. The number of halogens is 1. The van der Waals surface area contributed by atoms with E-state index in [-0.39, 0.29) is 5.56 Å². The minimum Gasteiger partial charge on any atom is -0.268 e. The van der Waals surface area contributed by atoms with Gasteiger partial charge in [-0.15, -0.1) is 0 Å². The smallest absolute Gasteiger partial charge is 0.266 e. The number of thioether (sulfide) groups is 1. The standard InChI is InChI=1S/C16H13ClN2OS/c1-10-5-3-4-6-14(10)19-15(20)12-8-7-11(17)9-13(12)18-16(19)21-2/h3-9H,1-2H3. The number of aryl methyl sites for hydroxylation is 1. The van der Waals surface area contributed by atoms with Gasteiger partial charge in [-0.2, -0.15) is 0 Å². The van der Waals surface area contributed by atoms with Crippen molar-refractivity contribution in [2.45, 2.75) is 12.1 Å². The Bertz CT molecular complexity index is 889. The normalized spacial score (nSPS) is 11.0. The van der Waals surface area contributed by atoms with Crippen LogP contribution in [0, 0.1) is 6.92 Å². The van der Waals surface area contributed by atoms with E-state index in [1.807, 2.05) is 37.4 Å². The summed E-state index contributed by atoms with van der Waals surface area (Å²) in [5, 5.41) is 1.81. The fraction of sp³-hybridized carbons (Fsp3) is 0.125. The molecule has 0 spiro atoms. The lowest BCUT2D eigenvalue weighted by Crippen LogP contribution is -2.22. The number of aromatic nitrogens is 2. The first-order chi connectivity index (χ1) is 10.1. The quantitative estimate of drug-likeness (QED) is 0.528. The Hall–Kier alpha value is -1.78. The van der Waals surface area contributed by atoms with Crippen molar-refractivity contribution >= 4 is 34.3 Å². The molecule has 0 amide bonds. The van der Waals surface area contributed by atoms with Crippen LogP contribution in [0.15, 0.2) is 52.4 Å². The second-order valence-electron chi connectivity index (χ2n) is 4.69. The molecular formula is C16H13ClN2OS. The average Bonchev–Trinajstić information content (AvgIpc) is 2.48. The fourth-order valence-electron chi connectivity index (χ4n) is 2.30. The number of benzene rings is 2. The van der Waals surface area contributed by atoms with E-state index in [2.05, 4.69) is 4.98 Å². The second kappa shape index (κ2) is 5.54. The summed E-state index contributed by atoms with van der Waals surface area (Å²) in [7, 11) is 0. The van der Waals surface area contributed by atoms with Crippen LogP contribution in [-0.2, 0) is 0 Å². The predicted molar refractivity (Wildman–Crippen MR) is 88.9 cm³/mol. The topological polar surface area (TPSA) is 34.9 Å². The third-order valence-corrected chi connectivity index (χ3v) is 4.21. The summed E-state index contributed by atoms with van der Waals surface area (Å²) in [5.41, 5.74) is 2.44. The van der Waals surface area contributed by atoms with Crippen molar-refractivity contribution < 1.29 is 0 Å². The monoisotopic (exact) mass is 316 g/mol. The molecule has 0 unspecified atom stereocenters. The van der Waals surface area contributed by atoms with Crippen molar-refractivity contribution in [3.05, 3.63) is 63.4 Å². The molecule has 1 aromatic heterocycles. The van der Waals surface area contributed by atoms with Gasteiger partial charge in [-0.05, 0) is 43.0 Å². The number of hydrogen-bond donors (Lipinski definition) is 0. The summed E-state index contributed by atoms with van der Waals surface area (Å²) in [4.78, 5) is 17.4. The van der Waals surface area contributed by atoms with E-state index in [1.165, 1.54) is 11.8 Å². The zero-order valence-corrected chi connectivity index (χ0v) is 13.2. The molecule has 3 rings (SSSR count). The van der Waals surface area contributed by atoms with Gasteiger partial charge in [-0.1, -0.05) is 41.6 Å². The first kappa shape index (κ1) is 14.2. The zero-order valence-electron chi connectivity index (χ0n) is 11.6. The maximum atomic E-state index is 12.8. The maximum Gasteiger partial charge on any atom is 0.266 e.